The second kappa shape index (κ2) is 19.3. The van der Waals surface area contributed by atoms with Gasteiger partial charge in [-0.15, -0.1) is 0 Å². The fourth-order valence-corrected chi connectivity index (χ4v) is 9.99. The molecule has 12 aromatic rings. The van der Waals surface area contributed by atoms with E-state index in [2.05, 4.69) is 0 Å². The number of hydrogen-bond donors (Lipinski definition) is 0. The summed E-state index contributed by atoms with van der Waals surface area (Å²) in [7, 11) is 0. The van der Waals surface area contributed by atoms with E-state index in [4.69, 9.17) is 24.9 Å². The number of benzene rings is 9. The molecule has 12 heteroatoms. The Balaban J connectivity index is 1.16. The molecule has 0 unspecified atom stereocenters. The van der Waals surface area contributed by atoms with E-state index in [0.29, 0.717) is 101 Å². The Morgan fingerprint density at radius 2 is 0.805 bits per heavy atom. The molecule has 0 saturated heterocycles. The zero-order valence-corrected chi connectivity index (χ0v) is 41.2. The molecule has 0 fully saturated rings. The zero-order chi connectivity index (χ0) is 53.0. The van der Waals surface area contributed by atoms with Crippen molar-refractivity contribution in [1.82, 2.24) is 29.5 Å². The standard InChI is InChI=1S/C65H42F6N6/c1-39-23-28-50(54(33-39)65(69,70)71)46-25-31-58-52(36-46)51-35-45(49-29-27-48(34-40(49)2)64(66,67)68)24-30-57(51)77(58)59-32-26-47(62-72-55(41-15-7-3-8-16-41)38-56(73-62)42-17-9-4-10-18-42)37-53(59)63-75-60(43-19-11-5-12-20-43)74-61(76-63)44-21-13-6-14-22-44/h3-38H,1-2H3. The van der Waals surface area contributed by atoms with Crippen LogP contribution in [0, 0.1) is 13.8 Å². The van der Waals surface area contributed by atoms with Gasteiger partial charge in [-0.1, -0.05) is 157 Å². The quantitative estimate of drug-likeness (QED) is 0.135. The average Bonchev–Trinajstić information content (AvgIpc) is 3.84. The number of alkyl halides is 6. The van der Waals surface area contributed by atoms with Crippen molar-refractivity contribution in [1.29, 1.82) is 0 Å². The lowest BCUT2D eigenvalue weighted by molar-refractivity contribution is -0.138. The summed E-state index contributed by atoms with van der Waals surface area (Å²) in [5.41, 5.74) is 8.66. The Kier molecular flexibility index (Phi) is 12.1. The first-order valence-corrected chi connectivity index (χ1v) is 24.7. The Hall–Kier alpha value is -9.55. The highest BCUT2D eigenvalue weighted by Gasteiger charge is 2.34. The van der Waals surface area contributed by atoms with Crippen LogP contribution >= 0.6 is 0 Å². The molecular formula is C65H42F6N6. The molecule has 0 aliphatic rings. The summed E-state index contributed by atoms with van der Waals surface area (Å²) in [6.07, 6.45) is -9.19. The summed E-state index contributed by atoms with van der Waals surface area (Å²) < 4.78 is 88.3. The number of halogens is 6. The first kappa shape index (κ1) is 48.4. The molecule has 0 radical (unpaired) electrons. The van der Waals surface area contributed by atoms with Crippen LogP contribution in [-0.4, -0.2) is 29.5 Å². The van der Waals surface area contributed by atoms with E-state index < -0.39 is 23.5 Å². The fraction of sp³-hybridized carbons (Fsp3) is 0.0615. The molecule has 6 nitrogen and oxygen atoms in total. The Labute approximate surface area is 438 Å². The first-order chi connectivity index (χ1) is 37.2. The van der Waals surface area contributed by atoms with E-state index in [1.54, 1.807) is 32.0 Å². The van der Waals surface area contributed by atoms with Crippen molar-refractivity contribution in [3.05, 3.63) is 241 Å². The van der Waals surface area contributed by atoms with Gasteiger partial charge in [0.1, 0.15) is 0 Å². The summed E-state index contributed by atoms with van der Waals surface area (Å²) in [4.78, 5) is 25.8. The van der Waals surface area contributed by atoms with Crippen LogP contribution in [0.3, 0.4) is 0 Å². The molecule has 0 atom stereocenters. The van der Waals surface area contributed by atoms with Crippen LogP contribution in [0.5, 0.6) is 0 Å². The molecule has 12 rings (SSSR count). The third-order valence-corrected chi connectivity index (χ3v) is 13.7. The minimum Gasteiger partial charge on any atom is -0.308 e. The van der Waals surface area contributed by atoms with Gasteiger partial charge in [0.2, 0.25) is 0 Å². The highest BCUT2D eigenvalue weighted by atomic mass is 19.4. The van der Waals surface area contributed by atoms with Crippen LogP contribution in [0.4, 0.5) is 26.3 Å². The van der Waals surface area contributed by atoms with Crippen LogP contribution in [0.25, 0.3) is 118 Å². The maximum Gasteiger partial charge on any atom is 0.417 e. The summed E-state index contributed by atoms with van der Waals surface area (Å²) in [5.74, 6) is 1.58. The van der Waals surface area contributed by atoms with Gasteiger partial charge in [0.15, 0.2) is 23.3 Å². The molecular weight excluding hydrogens is 979 g/mol. The maximum atomic E-state index is 14.8. The van der Waals surface area contributed by atoms with Crippen molar-refractivity contribution in [2.24, 2.45) is 0 Å². The van der Waals surface area contributed by atoms with E-state index in [1.807, 2.05) is 174 Å². The van der Waals surface area contributed by atoms with E-state index in [1.165, 1.54) is 12.1 Å². The molecule has 0 saturated carbocycles. The Morgan fingerprint density at radius 1 is 0.338 bits per heavy atom. The van der Waals surface area contributed by atoms with Crippen molar-refractivity contribution < 1.29 is 26.3 Å². The predicted molar refractivity (Wildman–Crippen MR) is 293 cm³/mol. The molecule has 0 spiro atoms. The molecule has 0 N–H and O–H groups in total. The second-order valence-electron chi connectivity index (χ2n) is 18.8. The summed E-state index contributed by atoms with van der Waals surface area (Å²) in [5, 5.41) is 1.25. The van der Waals surface area contributed by atoms with Gasteiger partial charge in [-0.25, -0.2) is 24.9 Å². The fourth-order valence-electron chi connectivity index (χ4n) is 9.99. The van der Waals surface area contributed by atoms with Crippen LogP contribution in [0.2, 0.25) is 0 Å². The minimum atomic E-state index is -4.65. The van der Waals surface area contributed by atoms with Gasteiger partial charge < -0.3 is 4.57 Å². The number of rotatable bonds is 9. The Morgan fingerprint density at radius 3 is 1.31 bits per heavy atom. The van der Waals surface area contributed by atoms with E-state index >= 15 is 0 Å². The number of aromatic nitrogens is 6. The molecule has 3 aromatic heterocycles. The van der Waals surface area contributed by atoms with E-state index in [0.717, 1.165) is 40.5 Å². The molecule has 0 amide bonds. The lowest BCUT2D eigenvalue weighted by Crippen LogP contribution is -2.07. The Bertz CT molecular complexity index is 4080. The first-order valence-electron chi connectivity index (χ1n) is 24.7. The molecule has 9 aromatic carbocycles. The minimum absolute atomic E-state index is 0.00496. The average molecular weight is 1020 g/mol. The molecule has 77 heavy (non-hydrogen) atoms. The van der Waals surface area contributed by atoms with Crippen molar-refractivity contribution in [3.8, 4) is 96.0 Å². The molecule has 3 heterocycles. The third kappa shape index (κ3) is 9.39. The number of aryl methyl sites for hydroxylation is 2. The van der Waals surface area contributed by atoms with Gasteiger partial charge in [-0.3, -0.25) is 0 Å². The van der Waals surface area contributed by atoms with Crippen molar-refractivity contribution in [3.63, 3.8) is 0 Å². The maximum absolute atomic E-state index is 14.8. The molecule has 0 aliphatic carbocycles. The van der Waals surface area contributed by atoms with Gasteiger partial charge in [-0.05, 0) is 108 Å². The van der Waals surface area contributed by atoms with Crippen molar-refractivity contribution in [2.75, 3.05) is 0 Å². The van der Waals surface area contributed by atoms with Crippen LogP contribution in [0.1, 0.15) is 22.3 Å². The highest BCUT2D eigenvalue weighted by molar-refractivity contribution is 6.12. The number of nitrogens with zero attached hydrogens (tertiary/aromatic N) is 6. The van der Waals surface area contributed by atoms with Gasteiger partial charge in [0, 0.05) is 44.2 Å². The van der Waals surface area contributed by atoms with Crippen LogP contribution in [0.15, 0.2) is 218 Å². The molecule has 374 valence electrons. The normalized spacial score (nSPS) is 11.9. The largest absolute Gasteiger partial charge is 0.417 e. The topological polar surface area (TPSA) is 69.4 Å². The predicted octanol–water partition coefficient (Wildman–Crippen LogP) is 17.7. The summed E-state index contributed by atoms with van der Waals surface area (Å²) in [6, 6.07) is 65.5. The van der Waals surface area contributed by atoms with Gasteiger partial charge >= 0.3 is 12.4 Å². The second-order valence-corrected chi connectivity index (χ2v) is 18.8. The van der Waals surface area contributed by atoms with Crippen molar-refractivity contribution >= 4 is 21.8 Å². The lowest BCUT2D eigenvalue weighted by atomic mass is 9.95. The van der Waals surface area contributed by atoms with Crippen LogP contribution < -0.4 is 0 Å². The van der Waals surface area contributed by atoms with Crippen LogP contribution in [-0.2, 0) is 12.4 Å². The highest BCUT2D eigenvalue weighted by Crippen LogP contribution is 2.44. The zero-order valence-electron chi connectivity index (χ0n) is 41.2. The molecule has 0 aliphatic heterocycles. The van der Waals surface area contributed by atoms with E-state index in [-0.39, 0.29) is 5.56 Å². The molecule has 0 bridgehead atoms. The van der Waals surface area contributed by atoms with E-state index in [9.17, 15) is 26.3 Å². The smallest absolute Gasteiger partial charge is 0.308 e. The van der Waals surface area contributed by atoms with Crippen molar-refractivity contribution in [2.45, 2.75) is 26.2 Å². The van der Waals surface area contributed by atoms with Gasteiger partial charge in [0.25, 0.3) is 0 Å². The monoisotopic (exact) mass is 1020 g/mol. The van der Waals surface area contributed by atoms with Gasteiger partial charge in [-0.2, -0.15) is 26.3 Å². The number of fused-ring (bicyclic) bond motifs is 3. The summed E-state index contributed by atoms with van der Waals surface area (Å²) in [6.45, 7) is 3.25. The third-order valence-electron chi connectivity index (χ3n) is 13.7. The van der Waals surface area contributed by atoms with Gasteiger partial charge in [0.05, 0.1) is 39.2 Å². The SMILES string of the molecule is Cc1ccc(-c2ccc3c(c2)c2cc(-c4ccc(C(F)(F)F)cc4C)ccc2n3-c2ccc(-c3nc(-c4ccccc4)cc(-c4ccccc4)n3)cc2-c2nc(-c3ccccc3)nc(-c3ccccc3)n2)c(C(F)(F)F)c1. The lowest BCUT2D eigenvalue weighted by Gasteiger charge is -2.17. The number of hydrogen-bond acceptors (Lipinski definition) is 5. The summed E-state index contributed by atoms with van der Waals surface area (Å²) >= 11 is 0.